The van der Waals surface area contributed by atoms with Crippen LogP contribution in [0.1, 0.15) is 25.1 Å². The Morgan fingerprint density at radius 1 is 1.39 bits per heavy atom. The van der Waals surface area contributed by atoms with E-state index in [0.29, 0.717) is 5.69 Å². The minimum atomic E-state index is -3.32. The largest absolute Gasteiger partial charge is 0.480 e. The summed E-state index contributed by atoms with van der Waals surface area (Å²) in [6, 6.07) is 3.77. The van der Waals surface area contributed by atoms with E-state index in [1.165, 1.54) is 0 Å². The van der Waals surface area contributed by atoms with Crippen LogP contribution >= 0.6 is 12.4 Å². The number of nitrogens with one attached hydrogen (secondary N) is 1. The van der Waals surface area contributed by atoms with Crippen LogP contribution in [0.2, 0.25) is 0 Å². The van der Waals surface area contributed by atoms with Gasteiger partial charge in [-0.1, -0.05) is 6.07 Å². The first kappa shape index (κ1) is 21.1. The number of aromatic nitrogens is 1. The van der Waals surface area contributed by atoms with Crippen LogP contribution in [-0.2, 0) is 19.4 Å². The number of nitrogens with zero attached hydrogens (tertiary/aromatic N) is 1. The molecule has 1 rings (SSSR count). The van der Waals surface area contributed by atoms with Crippen LogP contribution in [0.4, 0.5) is 4.79 Å². The van der Waals surface area contributed by atoms with Gasteiger partial charge in [0.15, 0.2) is 0 Å². The van der Waals surface area contributed by atoms with Crippen LogP contribution in [0.5, 0.6) is 0 Å². The number of hydrogen-bond acceptors (Lipinski definition) is 6. The molecule has 2 N–H and O–H groups in total. The number of aliphatic carboxylic acids is 1. The molecule has 0 aliphatic carbocycles. The summed E-state index contributed by atoms with van der Waals surface area (Å²) in [6.45, 7) is 1.59. The van der Waals surface area contributed by atoms with Gasteiger partial charge in [-0.3, -0.25) is 4.98 Å². The molecule has 0 bridgehead atoms. The van der Waals surface area contributed by atoms with Gasteiger partial charge in [0.25, 0.3) is 0 Å². The standard InChI is InChI=1S/C13H18N2O6S.ClH/c1-9(10-5-3-4-7-14-10)21-13(18)15-11(12(16)17)6-8-22(2,19)20;/h3-5,7,9,11H,6,8H2,1-2H3,(H,15,18)(H,16,17);1H/t9?,11-;/m0./s1. The van der Waals surface area contributed by atoms with Crippen LogP contribution in [0.15, 0.2) is 24.4 Å². The lowest BCUT2D eigenvalue weighted by Gasteiger charge is -2.17. The highest BCUT2D eigenvalue weighted by atomic mass is 35.5. The molecule has 8 nitrogen and oxygen atoms in total. The van der Waals surface area contributed by atoms with E-state index >= 15 is 0 Å². The predicted molar refractivity (Wildman–Crippen MR) is 85.3 cm³/mol. The molecule has 1 heterocycles. The van der Waals surface area contributed by atoms with Crippen LogP contribution in [0.3, 0.4) is 0 Å². The molecule has 0 aliphatic heterocycles. The second kappa shape index (κ2) is 9.31. The molecular weight excluding hydrogens is 348 g/mol. The molecular formula is C13H19ClN2O6S. The van der Waals surface area contributed by atoms with Crippen molar-refractivity contribution in [3.8, 4) is 0 Å². The lowest BCUT2D eigenvalue weighted by atomic mass is 10.2. The van der Waals surface area contributed by atoms with Gasteiger partial charge in [0.05, 0.1) is 11.4 Å². The first-order valence-corrected chi connectivity index (χ1v) is 8.53. The summed E-state index contributed by atoms with van der Waals surface area (Å²) >= 11 is 0. The number of carbonyl (C=O) groups excluding carboxylic acids is 1. The first-order valence-electron chi connectivity index (χ1n) is 6.47. The minimum Gasteiger partial charge on any atom is -0.480 e. The van der Waals surface area contributed by atoms with E-state index in [4.69, 9.17) is 9.84 Å². The molecule has 1 amide bonds. The number of carboxylic acid groups (broad SMARTS) is 1. The smallest absolute Gasteiger partial charge is 0.408 e. The van der Waals surface area contributed by atoms with Crippen molar-refractivity contribution in [2.45, 2.75) is 25.5 Å². The van der Waals surface area contributed by atoms with E-state index in [0.717, 1.165) is 6.26 Å². The maximum atomic E-state index is 11.7. The zero-order valence-electron chi connectivity index (χ0n) is 12.6. The first-order chi connectivity index (χ1) is 10.2. The molecule has 2 atom stereocenters. The summed E-state index contributed by atoms with van der Waals surface area (Å²) in [5.74, 6) is -1.67. The Hall–Kier alpha value is -1.87. The van der Waals surface area contributed by atoms with Crippen molar-refractivity contribution in [3.05, 3.63) is 30.1 Å². The fraction of sp³-hybridized carbons (Fsp3) is 0.462. The fourth-order valence-electron chi connectivity index (χ4n) is 1.60. The monoisotopic (exact) mass is 366 g/mol. The number of ether oxygens (including phenoxy) is 1. The summed E-state index contributed by atoms with van der Waals surface area (Å²) in [6.07, 6.45) is 0.693. The normalized spacial score (nSPS) is 13.3. The summed E-state index contributed by atoms with van der Waals surface area (Å²) < 4.78 is 27.1. The van der Waals surface area contributed by atoms with Gasteiger partial charge in [-0.2, -0.15) is 0 Å². The number of carbonyl (C=O) groups is 2. The summed E-state index contributed by atoms with van der Waals surface area (Å²) in [5.41, 5.74) is 0.515. The van der Waals surface area contributed by atoms with Gasteiger partial charge >= 0.3 is 12.1 Å². The number of carboxylic acids is 1. The Labute approximate surface area is 140 Å². The molecule has 0 aliphatic rings. The lowest BCUT2D eigenvalue weighted by molar-refractivity contribution is -0.139. The lowest BCUT2D eigenvalue weighted by Crippen LogP contribution is -2.42. The third-order valence-electron chi connectivity index (χ3n) is 2.76. The third-order valence-corrected chi connectivity index (χ3v) is 3.73. The van der Waals surface area contributed by atoms with Crippen molar-refractivity contribution in [1.29, 1.82) is 0 Å². The van der Waals surface area contributed by atoms with Gasteiger partial charge in [0.1, 0.15) is 22.0 Å². The fourth-order valence-corrected chi connectivity index (χ4v) is 2.27. The second-order valence-corrected chi connectivity index (χ2v) is 7.02. The van der Waals surface area contributed by atoms with Gasteiger partial charge < -0.3 is 15.2 Å². The predicted octanol–water partition coefficient (Wildman–Crippen LogP) is 1.18. The molecule has 0 radical (unpaired) electrons. The summed E-state index contributed by atoms with van der Waals surface area (Å²) in [5, 5.41) is 11.1. The maximum Gasteiger partial charge on any atom is 0.408 e. The van der Waals surface area contributed by atoms with Crippen molar-refractivity contribution in [3.63, 3.8) is 0 Å². The van der Waals surface area contributed by atoms with Gasteiger partial charge in [-0.25, -0.2) is 18.0 Å². The van der Waals surface area contributed by atoms with Crippen molar-refractivity contribution in [2.24, 2.45) is 0 Å². The Kier molecular flexibility index (Phi) is 8.55. The minimum absolute atomic E-state index is 0. The van der Waals surface area contributed by atoms with Crippen LogP contribution in [0.25, 0.3) is 0 Å². The van der Waals surface area contributed by atoms with E-state index in [2.05, 4.69) is 10.3 Å². The van der Waals surface area contributed by atoms with Crippen molar-refractivity contribution in [2.75, 3.05) is 12.0 Å². The van der Waals surface area contributed by atoms with Crippen LogP contribution in [-0.4, -0.2) is 48.6 Å². The van der Waals surface area contributed by atoms with Crippen molar-refractivity contribution < 1.29 is 27.9 Å². The molecule has 1 aromatic rings. The quantitative estimate of drug-likeness (QED) is 0.742. The highest BCUT2D eigenvalue weighted by Crippen LogP contribution is 2.13. The summed E-state index contributed by atoms with van der Waals surface area (Å²) in [4.78, 5) is 26.7. The van der Waals surface area contributed by atoms with Gasteiger partial charge in [0.2, 0.25) is 0 Å². The molecule has 0 spiro atoms. The second-order valence-electron chi connectivity index (χ2n) is 4.76. The zero-order valence-corrected chi connectivity index (χ0v) is 14.3. The number of sulfone groups is 1. The SMILES string of the molecule is CC(OC(=O)N[C@@H](CCS(C)(=O)=O)C(=O)O)c1ccccn1.Cl. The average Bonchev–Trinajstić information content (AvgIpc) is 2.43. The third kappa shape index (κ3) is 8.36. The van der Waals surface area contributed by atoms with E-state index in [9.17, 15) is 18.0 Å². The van der Waals surface area contributed by atoms with Gasteiger partial charge in [0, 0.05) is 12.5 Å². The number of alkyl carbamates (subject to hydrolysis) is 1. The molecule has 10 heteroatoms. The number of pyridine rings is 1. The molecule has 1 aromatic heterocycles. The van der Waals surface area contributed by atoms with E-state index in [-0.39, 0.29) is 24.6 Å². The Bertz CT molecular complexity index is 623. The number of amides is 1. The Morgan fingerprint density at radius 2 is 2.04 bits per heavy atom. The topological polar surface area (TPSA) is 123 Å². The van der Waals surface area contributed by atoms with Crippen LogP contribution < -0.4 is 5.32 Å². The summed E-state index contributed by atoms with van der Waals surface area (Å²) in [7, 11) is -3.32. The van der Waals surface area contributed by atoms with Gasteiger partial charge in [-0.15, -0.1) is 12.4 Å². The number of halogens is 1. The van der Waals surface area contributed by atoms with E-state index in [1.54, 1.807) is 31.3 Å². The van der Waals surface area contributed by atoms with Gasteiger partial charge in [-0.05, 0) is 25.5 Å². The molecule has 0 aromatic carbocycles. The molecule has 23 heavy (non-hydrogen) atoms. The zero-order chi connectivity index (χ0) is 16.8. The number of hydrogen-bond donors (Lipinski definition) is 2. The Balaban J connectivity index is 0.00000484. The highest BCUT2D eigenvalue weighted by molar-refractivity contribution is 7.90. The maximum absolute atomic E-state index is 11.7. The van der Waals surface area contributed by atoms with Crippen molar-refractivity contribution >= 4 is 34.3 Å². The van der Waals surface area contributed by atoms with Crippen LogP contribution in [0, 0.1) is 0 Å². The van der Waals surface area contributed by atoms with Crippen molar-refractivity contribution in [1.82, 2.24) is 10.3 Å². The van der Waals surface area contributed by atoms with E-state index < -0.39 is 34.0 Å². The highest BCUT2D eigenvalue weighted by Gasteiger charge is 2.23. The molecule has 130 valence electrons. The average molecular weight is 367 g/mol. The number of rotatable bonds is 7. The molecule has 0 saturated heterocycles. The van der Waals surface area contributed by atoms with E-state index in [1.807, 2.05) is 0 Å². The Morgan fingerprint density at radius 3 is 2.52 bits per heavy atom. The molecule has 0 saturated carbocycles. The molecule has 0 fully saturated rings. The molecule has 1 unspecified atom stereocenters.